The van der Waals surface area contributed by atoms with Crippen molar-refractivity contribution in [1.82, 2.24) is 4.90 Å². The summed E-state index contributed by atoms with van der Waals surface area (Å²) in [5.74, 6) is -0.202. The maximum Gasteiger partial charge on any atom is 0.255 e. The fourth-order valence-corrected chi connectivity index (χ4v) is 3.08. The molecule has 0 saturated carbocycles. The van der Waals surface area contributed by atoms with Crippen LogP contribution in [0.25, 0.3) is 0 Å². The van der Waals surface area contributed by atoms with Gasteiger partial charge < -0.3 is 4.90 Å². The summed E-state index contributed by atoms with van der Waals surface area (Å²) in [7, 11) is -3.38. The van der Waals surface area contributed by atoms with Gasteiger partial charge in [-0.1, -0.05) is 32.4 Å². The van der Waals surface area contributed by atoms with Crippen LogP contribution in [0.5, 0.6) is 0 Å². The molecule has 1 aromatic carbocycles. The van der Waals surface area contributed by atoms with Crippen molar-refractivity contribution < 1.29 is 13.2 Å². The van der Waals surface area contributed by atoms with Crippen LogP contribution < -0.4 is 0 Å². The number of amides is 1. The standard InChI is InChI=1S/C15H23NO3S/c1-4-7-12-16(5-2)15(17)13-10-8-9-11-14(13)20(18,19)6-3/h8-11H,4-7,12H2,1-3H3. The number of carbonyl (C=O) groups excluding carboxylic acids is 1. The first-order valence-electron chi connectivity index (χ1n) is 7.08. The van der Waals surface area contributed by atoms with Gasteiger partial charge in [0.1, 0.15) is 0 Å². The largest absolute Gasteiger partial charge is 0.339 e. The van der Waals surface area contributed by atoms with Crippen LogP contribution in [0.4, 0.5) is 0 Å². The molecule has 0 saturated heterocycles. The van der Waals surface area contributed by atoms with E-state index in [0.29, 0.717) is 13.1 Å². The fourth-order valence-electron chi connectivity index (χ4n) is 1.99. The molecule has 0 spiro atoms. The van der Waals surface area contributed by atoms with Gasteiger partial charge in [-0.3, -0.25) is 4.79 Å². The van der Waals surface area contributed by atoms with E-state index in [-0.39, 0.29) is 22.1 Å². The molecule has 0 aliphatic heterocycles. The summed E-state index contributed by atoms with van der Waals surface area (Å²) in [6.07, 6.45) is 1.92. The van der Waals surface area contributed by atoms with Gasteiger partial charge in [0.2, 0.25) is 0 Å². The lowest BCUT2D eigenvalue weighted by Gasteiger charge is -2.22. The molecule has 1 aromatic rings. The molecule has 20 heavy (non-hydrogen) atoms. The second kappa shape index (κ2) is 7.43. The van der Waals surface area contributed by atoms with Crippen LogP contribution in [0, 0.1) is 0 Å². The molecule has 0 aliphatic rings. The normalized spacial score (nSPS) is 11.3. The number of carbonyl (C=O) groups is 1. The minimum atomic E-state index is -3.38. The van der Waals surface area contributed by atoms with E-state index in [0.717, 1.165) is 12.8 Å². The highest BCUT2D eigenvalue weighted by molar-refractivity contribution is 7.91. The van der Waals surface area contributed by atoms with Crippen LogP contribution >= 0.6 is 0 Å². The molecule has 1 amide bonds. The number of sulfone groups is 1. The number of unbranched alkanes of at least 4 members (excludes halogenated alkanes) is 1. The molecule has 0 atom stereocenters. The zero-order valence-corrected chi connectivity index (χ0v) is 13.2. The maximum atomic E-state index is 12.5. The maximum absolute atomic E-state index is 12.5. The van der Waals surface area contributed by atoms with Crippen LogP contribution in [-0.2, 0) is 9.84 Å². The lowest BCUT2D eigenvalue weighted by molar-refractivity contribution is 0.0758. The molecule has 1 rings (SSSR count). The van der Waals surface area contributed by atoms with Gasteiger partial charge in [0, 0.05) is 13.1 Å². The fraction of sp³-hybridized carbons (Fsp3) is 0.533. The third-order valence-corrected chi connectivity index (χ3v) is 5.07. The smallest absolute Gasteiger partial charge is 0.255 e. The lowest BCUT2D eigenvalue weighted by Crippen LogP contribution is -2.32. The quantitative estimate of drug-likeness (QED) is 0.777. The van der Waals surface area contributed by atoms with E-state index in [4.69, 9.17) is 0 Å². The molecule has 0 aliphatic carbocycles. The highest BCUT2D eigenvalue weighted by atomic mass is 32.2. The Balaban J connectivity index is 3.16. The monoisotopic (exact) mass is 297 g/mol. The van der Waals surface area contributed by atoms with Crippen LogP contribution in [0.3, 0.4) is 0 Å². The van der Waals surface area contributed by atoms with Crippen molar-refractivity contribution in [3.05, 3.63) is 29.8 Å². The van der Waals surface area contributed by atoms with Crippen LogP contribution in [-0.4, -0.2) is 38.1 Å². The van der Waals surface area contributed by atoms with Gasteiger partial charge in [0.05, 0.1) is 16.2 Å². The Morgan fingerprint density at radius 3 is 2.35 bits per heavy atom. The number of nitrogens with zero attached hydrogens (tertiary/aromatic N) is 1. The zero-order chi connectivity index (χ0) is 15.2. The number of benzene rings is 1. The molecule has 0 unspecified atom stereocenters. The Morgan fingerprint density at radius 2 is 1.80 bits per heavy atom. The molecule has 0 aromatic heterocycles. The van der Waals surface area contributed by atoms with E-state index < -0.39 is 9.84 Å². The number of rotatable bonds is 7. The Labute approximate surface area is 121 Å². The van der Waals surface area contributed by atoms with Crippen LogP contribution in [0.1, 0.15) is 44.0 Å². The van der Waals surface area contributed by atoms with Gasteiger partial charge in [-0.15, -0.1) is 0 Å². The molecule has 5 heteroatoms. The van der Waals surface area contributed by atoms with Gasteiger partial charge >= 0.3 is 0 Å². The third kappa shape index (κ3) is 3.82. The Bertz CT molecular complexity index is 552. The van der Waals surface area contributed by atoms with Crippen LogP contribution in [0.15, 0.2) is 29.2 Å². The number of hydrogen-bond donors (Lipinski definition) is 0. The Hall–Kier alpha value is -1.36. The van der Waals surface area contributed by atoms with Gasteiger partial charge in [0.25, 0.3) is 5.91 Å². The van der Waals surface area contributed by atoms with Gasteiger partial charge in [-0.05, 0) is 25.5 Å². The van der Waals surface area contributed by atoms with E-state index in [2.05, 4.69) is 6.92 Å². The molecule has 0 radical (unpaired) electrons. The molecule has 0 fully saturated rings. The van der Waals surface area contributed by atoms with Crippen molar-refractivity contribution >= 4 is 15.7 Å². The summed E-state index contributed by atoms with van der Waals surface area (Å²) in [5, 5.41) is 0. The lowest BCUT2D eigenvalue weighted by atomic mass is 10.2. The summed E-state index contributed by atoms with van der Waals surface area (Å²) >= 11 is 0. The summed E-state index contributed by atoms with van der Waals surface area (Å²) < 4.78 is 24.2. The second-order valence-corrected chi connectivity index (χ2v) is 6.88. The van der Waals surface area contributed by atoms with Crippen molar-refractivity contribution in [2.45, 2.75) is 38.5 Å². The predicted octanol–water partition coefficient (Wildman–Crippen LogP) is 2.74. The third-order valence-electron chi connectivity index (χ3n) is 3.28. The first kappa shape index (κ1) is 16.7. The van der Waals surface area contributed by atoms with E-state index in [9.17, 15) is 13.2 Å². The minimum Gasteiger partial charge on any atom is -0.339 e. The SMILES string of the molecule is CCCCN(CC)C(=O)c1ccccc1S(=O)(=O)CC. The van der Waals surface area contributed by atoms with Crippen molar-refractivity contribution in [2.75, 3.05) is 18.8 Å². The molecular formula is C15H23NO3S. The average Bonchev–Trinajstić information content (AvgIpc) is 2.47. The summed E-state index contributed by atoms with van der Waals surface area (Å²) in [6.45, 7) is 6.80. The zero-order valence-electron chi connectivity index (χ0n) is 12.4. The van der Waals surface area contributed by atoms with E-state index in [1.807, 2.05) is 6.92 Å². The first-order chi connectivity index (χ1) is 9.47. The van der Waals surface area contributed by atoms with E-state index in [1.165, 1.54) is 6.07 Å². The molecule has 0 N–H and O–H groups in total. The molecule has 4 nitrogen and oxygen atoms in total. The van der Waals surface area contributed by atoms with Gasteiger partial charge in [-0.25, -0.2) is 8.42 Å². The molecule has 0 heterocycles. The Kier molecular flexibility index (Phi) is 6.20. The van der Waals surface area contributed by atoms with Crippen molar-refractivity contribution in [3.63, 3.8) is 0 Å². The molecular weight excluding hydrogens is 274 g/mol. The first-order valence-corrected chi connectivity index (χ1v) is 8.74. The van der Waals surface area contributed by atoms with Crippen molar-refractivity contribution in [2.24, 2.45) is 0 Å². The Morgan fingerprint density at radius 1 is 1.15 bits per heavy atom. The van der Waals surface area contributed by atoms with Crippen molar-refractivity contribution in [3.8, 4) is 0 Å². The van der Waals surface area contributed by atoms with Crippen molar-refractivity contribution in [1.29, 1.82) is 0 Å². The number of hydrogen-bond acceptors (Lipinski definition) is 3. The molecule has 0 bridgehead atoms. The van der Waals surface area contributed by atoms with E-state index in [1.54, 1.807) is 30.0 Å². The topological polar surface area (TPSA) is 54.5 Å². The minimum absolute atomic E-state index is 0.00161. The summed E-state index contributed by atoms with van der Waals surface area (Å²) in [5.41, 5.74) is 0.285. The highest BCUT2D eigenvalue weighted by Gasteiger charge is 2.23. The summed E-state index contributed by atoms with van der Waals surface area (Å²) in [4.78, 5) is 14.4. The highest BCUT2D eigenvalue weighted by Crippen LogP contribution is 2.19. The van der Waals surface area contributed by atoms with Gasteiger partial charge in [0.15, 0.2) is 9.84 Å². The predicted molar refractivity (Wildman–Crippen MR) is 80.7 cm³/mol. The van der Waals surface area contributed by atoms with Crippen LogP contribution in [0.2, 0.25) is 0 Å². The van der Waals surface area contributed by atoms with Gasteiger partial charge in [-0.2, -0.15) is 0 Å². The molecule has 112 valence electrons. The van der Waals surface area contributed by atoms with E-state index >= 15 is 0 Å². The summed E-state index contributed by atoms with van der Waals surface area (Å²) in [6, 6.07) is 6.47. The average molecular weight is 297 g/mol. The second-order valence-electron chi connectivity index (χ2n) is 4.64.